The Morgan fingerprint density at radius 1 is 1.18 bits per heavy atom. The molecule has 0 radical (unpaired) electrons. The van der Waals surface area contributed by atoms with Crippen LogP contribution >= 0.6 is 24.0 Å². The van der Waals surface area contributed by atoms with E-state index in [1.54, 1.807) is 4.90 Å². The van der Waals surface area contributed by atoms with E-state index in [4.69, 9.17) is 17.0 Å². The predicted octanol–water partition coefficient (Wildman–Crippen LogP) is 2.81. The van der Waals surface area contributed by atoms with Crippen LogP contribution in [-0.2, 0) is 14.3 Å². The number of hydrogen-bond donors (Lipinski definition) is 1. The zero-order valence-corrected chi connectivity index (χ0v) is 17.4. The number of morpholine rings is 1. The van der Waals surface area contributed by atoms with E-state index in [-0.39, 0.29) is 11.8 Å². The largest absolute Gasteiger partial charge is 0.379 e. The van der Waals surface area contributed by atoms with E-state index in [9.17, 15) is 9.59 Å². The Hall–Kier alpha value is -1.74. The molecule has 0 aromatic heterocycles. The maximum absolute atomic E-state index is 12.6. The molecule has 0 saturated carbocycles. The number of benzene rings is 1. The first-order valence-electron chi connectivity index (χ1n) is 9.56. The van der Waals surface area contributed by atoms with Crippen molar-refractivity contribution in [2.45, 2.75) is 25.7 Å². The summed E-state index contributed by atoms with van der Waals surface area (Å²) in [5.74, 6) is 0.0159. The standard InChI is InChI=1S/C20H25N3O3S2/c24-18(21-22-11-13-26-14-12-22)9-5-2-6-10-23-19(25)17(28-20(23)27)15-16-7-3-1-4-8-16/h1,3-4,7-8,15H,2,5-6,9-14H2,(H,21,24)/b17-15-. The SMILES string of the molecule is O=C(CCCCCN1C(=O)/C(=C/c2ccccc2)SC1=S)NN1CCOCC1. The second-order valence-electron chi connectivity index (χ2n) is 6.69. The number of rotatable bonds is 8. The average molecular weight is 420 g/mol. The minimum atomic E-state index is -0.0242. The van der Waals surface area contributed by atoms with Crippen LogP contribution in [0.4, 0.5) is 0 Å². The van der Waals surface area contributed by atoms with Crippen molar-refractivity contribution in [3.63, 3.8) is 0 Å². The number of carbonyl (C=O) groups is 2. The van der Waals surface area contributed by atoms with Gasteiger partial charge in [-0.15, -0.1) is 0 Å². The molecule has 2 amide bonds. The number of hydrogen-bond acceptors (Lipinski definition) is 6. The summed E-state index contributed by atoms with van der Waals surface area (Å²) in [6, 6.07) is 9.77. The normalized spacial score (nSPS) is 19.4. The first kappa shape index (κ1) is 21.0. The highest BCUT2D eigenvalue weighted by Gasteiger charge is 2.31. The number of ether oxygens (including phenoxy) is 1. The van der Waals surface area contributed by atoms with Gasteiger partial charge in [0.1, 0.15) is 4.32 Å². The fourth-order valence-electron chi connectivity index (χ4n) is 3.03. The Kier molecular flexibility index (Phi) is 8.02. The monoisotopic (exact) mass is 419 g/mol. The second-order valence-corrected chi connectivity index (χ2v) is 8.36. The number of hydrazine groups is 1. The molecule has 1 N–H and O–H groups in total. The third kappa shape index (κ3) is 6.13. The zero-order chi connectivity index (χ0) is 19.8. The molecule has 28 heavy (non-hydrogen) atoms. The number of nitrogens with one attached hydrogen (secondary N) is 1. The number of thioether (sulfide) groups is 1. The average Bonchev–Trinajstić information content (AvgIpc) is 2.96. The Morgan fingerprint density at radius 3 is 2.68 bits per heavy atom. The molecule has 8 heteroatoms. The molecule has 0 aliphatic carbocycles. The van der Waals surface area contributed by atoms with Gasteiger partial charge in [0.2, 0.25) is 5.91 Å². The fraction of sp³-hybridized carbons (Fsp3) is 0.450. The van der Waals surface area contributed by atoms with Crippen LogP contribution in [0.15, 0.2) is 35.2 Å². The lowest BCUT2D eigenvalue weighted by molar-refractivity contribution is -0.128. The smallest absolute Gasteiger partial charge is 0.266 e. The van der Waals surface area contributed by atoms with Gasteiger partial charge in [0.15, 0.2) is 0 Å². The minimum absolute atomic E-state index is 0.0242. The first-order chi connectivity index (χ1) is 13.6. The molecule has 2 heterocycles. The second kappa shape index (κ2) is 10.7. The van der Waals surface area contributed by atoms with E-state index in [1.807, 2.05) is 41.4 Å². The Bertz CT molecular complexity index is 733. The predicted molar refractivity (Wildman–Crippen MR) is 115 cm³/mol. The van der Waals surface area contributed by atoms with Gasteiger partial charge in [0.05, 0.1) is 18.1 Å². The Morgan fingerprint density at radius 2 is 1.93 bits per heavy atom. The number of thiocarbonyl (C=S) groups is 1. The molecule has 1 aromatic rings. The van der Waals surface area contributed by atoms with Gasteiger partial charge in [0.25, 0.3) is 5.91 Å². The van der Waals surface area contributed by atoms with E-state index in [0.717, 1.165) is 37.9 Å². The minimum Gasteiger partial charge on any atom is -0.379 e. The van der Waals surface area contributed by atoms with Crippen molar-refractivity contribution in [3.05, 3.63) is 40.8 Å². The van der Waals surface area contributed by atoms with E-state index >= 15 is 0 Å². The van der Waals surface area contributed by atoms with Crippen molar-refractivity contribution in [3.8, 4) is 0 Å². The quantitative estimate of drug-likeness (QED) is 0.397. The van der Waals surface area contributed by atoms with Crippen molar-refractivity contribution in [1.29, 1.82) is 0 Å². The lowest BCUT2D eigenvalue weighted by Crippen LogP contribution is -2.48. The molecule has 150 valence electrons. The van der Waals surface area contributed by atoms with Gasteiger partial charge in [0, 0.05) is 26.1 Å². The van der Waals surface area contributed by atoms with E-state index in [2.05, 4.69) is 5.43 Å². The van der Waals surface area contributed by atoms with Gasteiger partial charge in [-0.3, -0.25) is 19.9 Å². The maximum atomic E-state index is 12.6. The van der Waals surface area contributed by atoms with Crippen LogP contribution in [0, 0.1) is 0 Å². The molecule has 2 aliphatic rings. The molecule has 0 spiro atoms. The van der Waals surface area contributed by atoms with Crippen molar-refractivity contribution in [2.75, 3.05) is 32.8 Å². The molecule has 2 aliphatic heterocycles. The summed E-state index contributed by atoms with van der Waals surface area (Å²) >= 11 is 6.72. The molecule has 2 fully saturated rings. The van der Waals surface area contributed by atoms with Gasteiger partial charge >= 0.3 is 0 Å². The fourth-order valence-corrected chi connectivity index (χ4v) is 4.34. The molecule has 1 aromatic carbocycles. The van der Waals surface area contributed by atoms with Crippen LogP contribution in [0.2, 0.25) is 0 Å². The summed E-state index contributed by atoms with van der Waals surface area (Å²) in [6.07, 6.45) is 4.88. The molecule has 0 bridgehead atoms. The lowest BCUT2D eigenvalue weighted by atomic mass is 10.2. The molecule has 0 unspecified atom stereocenters. The molecule has 0 atom stereocenters. The molecule has 6 nitrogen and oxygen atoms in total. The zero-order valence-electron chi connectivity index (χ0n) is 15.8. The number of nitrogens with zero attached hydrogens (tertiary/aromatic N) is 2. The van der Waals surface area contributed by atoms with E-state index in [0.29, 0.717) is 35.4 Å². The van der Waals surface area contributed by atoms with Gasteiger partial charge in [-0.1, -0.05) is 60.7 Å². The van der Waals surface area contributed by atoms with Crippen molar-refractivity contribution < 1.29 is 14.3 Å². The summed E-state index contributed by atoms with van der Waals surface area (Å²) in [5.41, 5.74) is 3.91. The maximum Gasteiger partial charge on any atom is 0.266 e. The van der Waals surface area contributed by atoms with E-state index in [1.165, 1.54) is 11.8 Å². The third-order valence-electron chi connectivity index (χ3n) is 4.55. The Balaban J connectivity index is 1.36. The van der Waals surface area contributed by atoms with Crippen LogP contribution in [0.3, 0.4) is 0 Å². The highest BCUT2D eigenvalue weighted by Crippen LogP contribution is 2.32. The summed E-state index contributed by atoms with van der Waals surface area (Å²) < 4.78 is 5.87. The third-order valence-corrected chi connectivity index (χ3v) is 5.93. The highest BCUT2D eigenvalue weighted by atomic mass is 32.2. The van der Waals surface area contributed by atoms with Gasteiger partial charge in [-0.2, -0.15) is 0 Å². The van der Waals surface area contributed by atoms with Gasteiger partial charge in [-0.05, 0) is 24.5 Å². The van der Waals surface area contributed by atoms with Gasteiger partial charge < -0.3 is 4.74 Å². The summed E-state index contributed by atoms with van der Waals surface area (Å²) in [7, 11) is 0. The lowest BCUT2D eigenvalue weighted by Gasteiger charge is -2.26. The highest BCUT2D eigenvalue weighted by molar-refractivity contribution is 8.26. The molecular formula is C20H25N3O3S2. The van der Waals surface area contributed by atoms with Crippen LogP contribution in [-0.4, -0.2) is 58.9 Å². The summed E-state index contributed by atoms with van der Waals surface area (Å²) in [5, 5.41) is 1.91. The number of unbranched alkanes of at least 4 members (excludes halogenated alkanes) is 2. The van der Waals surface area contributed by atoms with Crippen molar-refractivity contribution in [1.82, 2.24) is 15.3 Å². The van der Waals surface area contributed by atoms with Crippen LogP contribution in [0.25, 0.3) is 6.08 Å². The van der Waals surface area contributed by atoms with Crippen LogP contribution in [0.5, 0.6) is 0 Å². The first-order valence-corrected chi connectivity index (χ1v) is 10.8. The number of carbonyl (C=O) groups excluding carboxylic acids is 2. The van der Waals surface area contributed by atoms with Gasteiger partial charge in [-0.25, -0.2) is 5.01 Å². The topological polar surface area (TPSA) is 61.9 Å². The van der Waals surface area contributed by atoms with E-state index < -0.39 is 0 Å². The Labute approximate surface area is 175 Å². The van der Waals surface area contributed by atoms with Crippen molar-refractivity contribution >= 4 is 46.2 Å². The van der Waals surface area contributed by atoms with Crippen molar-refractivity contribution in [2.24, 2.45) is 0 Å². The summed E-state index contributed by atoms with van der Waals surface area (Å²) in [6.45, 7) is 3.38. The molecule has 3 rings (SSSR count). The molecular weight excluding hydrogens is 394 g/mol. The van der Waals surface area contributed by atoms with Crippen LogP contribution < -0.4 is 5.43 Å². The van der Waals surface area contributed by atoms with Crippen LogP contribution in [0.1, 0.15) is 31.2 Å². The number of amides is 2. The molecule has 2 saturated heterocycles. The summed E-state index contributed by atoms with van der Waals surface area (Å²) in [4.78, 5) is 26.9.